The lowest BCUT2D eigenvalue weighted by molar-refractivity contribution is -0.155. The molecule has 8 nitrogen and oxygen atoms in total. The minimum atomic E-state index is -1.70. The standard InChI is InChI=1S/C29H38ClNO7S/c1-7-13(2)21-9-15(12-39-21)16-10-18(28(34)37-6)31-17-8-14(3)29(26(32)22(16)17)27(33)23-19(35-4)11-20(36-5)24(30)25(23)38-29/h11,13-18,21-22,31H,7-10,12H2,1-6H3. The number of fused-ring (bicyclic) bond motifs is 2. The van der Waals surface area contributed by atoms with E-state index in [0.29, 0.717) is 29.8 Å². The van der Waals surface area contributed by atoms with Crippen LogP contribution in [0.3, 0.4) is 0 Å². The van der Waals surface area contributed by atoms with Gasteiger partial charge in [0.15, 0.2) is 11.5 Å². The average Bonchev–Trinajstić information content (AvgIpc) is 3.55. The lowest BCUT2D eigenvalue weighted by Crippen LogP contribution is -2.69. The summed E-state index contributed by atoms with van der Waals surface area (Å²) in [6.45, 7) is 6.34. The summed E-state index contributed by atoms with van der Waals surface area (Å²) in [5, 5.41) is 4.08. The number of ether oxygens (including phenoxy) is 4. The molecule has 214 valence electrons. The number of hydrogen-bond donors (Lipinski definition) is 1. The number of carbonyl (C=O) groups is 3. The molecule has 9 atom stereocenters. The summed E-state index contributed by atoms with van der Waals surface area (Å²) in [7, 11) is 4.33. The van der Waals surface area contributed by atoms with E-state index in [-0.39, 0.29) is 51.7 Å². The molecule has 0 bridgehead atoms. The first-order valence-electron chi connectivity index (χ1n) is 13.8. The van der Waals surface area contributed by atoms with Gasteiger partial charge >= 0.3 is 5.97 Å². The van der Waals surface area contributed by atoms with Gasteiger partial charge in [0.2, 0.25) is 11.4 Å². The maximum absolute atomic E-state index is 14.7. The number of Topliss-reactive ketones (excluding diaryl/α,β-unsaturated/α-hetero) is 2. The fraction of sp³-hybridized carbons (Fsp3) is 0.690. The van der Waals surface area contributed by atoms with Crippen molar-refractivity contribution in [3.05, 3.63) is 16.7 Å². The first kappa shape index (κ1) is 28.6. The molecule has 1 aromatic carbocycles. The summed E-state index contributed by atoms with van der Waals surface area (Å²) >= 11 is 8.57. The van der Waals surface area contributed by atoms with Gasteiger partial charge in [0.1, 0.15) is 28.1 Å². The van der Waals surface area contributed by atoms with E-state index in [2.05, 4.69) is 19.2 Å². The summed E-state index contributed by atoms with van der Waals surface area (Å²) in [4.78, 5) is 41.6. The van der Waals surface area contributed by atoms with E-state index in [1.54, 1.807) is 6.07 Å². The van der Waals surface area contributed by atoms with E-state index in [1.165, 1.54) is 21.3 Å². The van der Waals surface area contributed by atoms with E-state index in [9.17, 15) is 14.4 Å². The Morgan fingerprint density at radius 3 is 2.56 bits per heavy atom. The van der Waals surface area contributed by atoms with E-state index in [4.69, 9.17) is 30.5 Å². The number of benzene rings is 1. The van der Waals surface area contributed by atoms with Gasteiger partial charge in [-0.1, -0.05) is 38.8 Å². The van der Waals surface area contributed by atoms with E-state index >= 15 is 0 Å². The zero-order valence-corrected chi connectivity index (χ0v) is 24.9. The molecule has 1 aliphatic carbocycles. The Labute approximate surface area is 239 Å². The van der Waals surface area contributed by atoms with Crippen LogP contribution in [-0.4, -0.2) is 67.6 Å². The molecule has 5 rings (SSSR count). The Kier molecular flexibility index (Phi) is 7.90. The van der Waals surface area contributed by atoms with Crippen LogP contribution >= 0.6 is 23.4 Å². The van der Waals surface area contributed by atoms with Crippen LogP contribution in [0.25, 0.3) is 0 Å². The highest BCUT2D eigenvalue weighted by atomic mass is 35.5. The van der Waals surface area contributed by atoms with Gasteiger partial charge in [-0.25, -0.2) is 0 Å². The molecule has 39 heavy (non-hydrogen) atoms. The first-order chi connectivity index (χ1) is 18.6. The Morgan fingerprint density at radius 1 is 1.21 bits per heavy atom. The summed E-state index contributed by atoms with van der Waals surface area (Å²) in [6, 6.07) is 0.804. The SMILES string of the molecule is CCC(C)C1CC(C2CC(C(=O)OC)NC3CC(C)C4(Oc5c(Cl)c(OC)cc(OC)c5C4=O)C(=O)C32)CS1. The van der Waals surface area contributed by atoms with Crippen LogP contribution in [-0.2, 0) is 14.3 Å². The molecule has 0 amide bonds. The highest BCUT2D eigenvalue weighted by molar-refractivity contribution is 8.00. The van der Waals surface area contributed by atoms with Gasteiger partial charge < -0.3 is 24.3 Å². The molecular formula is C29H38ClNO7S. The molecule has 3 aliphatic heterocycles. The smallest absolute Gasteiger partial charge is 0.322 e. The molecule has 0 aromatic heterocycles. The normalized spacial score (nSPS) is 36.2. The molecule has 2 saturated heterocycles. The van der Waals surface area contributed by atoms with Crippen molar-refractivity contribution in [1.29, 1.82) is 0 Å². The number of halogens is 1. The molecule has 1 aromatic rings. The van der Waals surface area contributed by atoms with Gasteiger partial charge in [-0.3, -0.25) is 14.4 Å². The number of esters is 1. The van der Waals surface area contributed by atoms with Crippen molar-refractivity contribution < 1.29 is 33.3 Å². The van der Waals surface area contributed by atoms with Crippen LogP contribution in [0.4, 0.5) is 0 Å². The van der Waals surface area contributed by atoms with Crippen LogP contribution in [0.15, 0.2) is 6.07 Å². The van der Waals surface area contributed by atoms with E-state index < -0.39 is 29.3 Å². The minimum Gasteiger partial charge on any atom is -0.496 e. The predicted octanol–water partition coefficient (Wildman–Crippen LogP) is 4.58. The molecule has 10 heteroatoms. The number of carbonyl (C=O) groups excluding carboxylic acids is 3. The first-order valence-corrected chi connectivity index (χ1v) is 15.2. The molecule has 1 spiro atoms. The number of piperidine rings is 1. The Morgan fingerprint density at radius 2 is 1.92 bits per heavy atom. The molecular weight excluding hydrogens is 542 g/mol. The van der Waals surface area contributed by atoms with E-state index in [0.717, 1.165) is 18.6 Å². The predicted molar refractivity (Wildman–Crippen MR) is 149 cm³/mol. The maximum Gasteiger partial charge on any atom is 0.322 e. The van der Waals surface area contributed by atoms with Crippen molar-refractivity contribution in [3.8, 4) is 17.2 Å². The third-order valence-corrected chi connectivity index (χ3v) is 11.7. The van der Waals surface area contributed by atoms with Gasteiger partial charge in [-0.2, -0.15) is 11.8 Å². The highest BCUT2D eigenvalue weighted by Crippen LogP contribution is 2.56. The second kappa shape index (κ2) is 10.8. The van der Waals surface area contributed by atoms with Crippen LogP contribution in [0.2, 0.25) is 5.02 Å². The van der Waals surface area contributed by atoms with Crippen LogP contribution < -0.4 is 19.5 Å². The van der Waals surface area contributed by atoms with Crippen molar-refractivity contribution in [3.63, 3.8) is 0 Å². The van der Waals surface area contributed by atoms with Crippen LogP contribution in [0, 0.1) is 29.6 Å². The van der Waals surface area contributed by atoms with Crippen LogP contribution in [0.1, 0.15) is 56.8 Å². The number of thioether (sulfide) groups is 1. The minimum absolute atomic E-state index is 0.0780. The molecule has 9 unspecified atom stereocenters. The van der Waals surface area contributed by atoms with Crippen molar-refractivity contribution in [1.82, 2.24) is 5.32 Å². The quantitative estimate of drug-likeness (QED) is 0.383. The molecule has 3 fully saturated rings. The van der Waals surface area contributed by atoms with Crippen LogP contribution in [0.5, 0.6) is 17.2 Å². The van der Waals surface area contributed by atoms with Gasteiger partial charge in [0.25, 0.3) is 0 Å². The number of methoxy groups -OCH3 is 3. The molecule has 4 aliphatic rings. The van der Waals surface area contributed by atoms with Crippen molar-refractivity contribution in [2.24, 2.45) is 29.6 Å². The van der Waals surface area contributed by atoms with Crippen molar-refractivity contribution in [2.75, 3.05) is 27.1 Å². The lowest BCUT2D eigenvalue weighted by Gasteiger charge is -2.51. The Balaban J connectivity index is 1.55. The van der Waals surface area contributed by atoms with Crippen molar-refractivity contribution >= 4 is 40.9 Å². The summed E-state index contributed by atoms with van der Waals surface area (Å²) < 4.78 is 22.4. The fourth-order valence-corrected chi connectivity index (χ4v) is 9.34. The number of ketones is 2. The zero-order chi connectivity index (χ0) is 28.2. The Bertz CT molecular complexity index is 1180. The third kappa shape index (κ3) is 4.34. The molecule has 1 saturated carbocycles. The monoisotopic (exact) mass is 579 g/mol. The number of hydrogen-bond acceptors (Lipinski definition) is 9. The molecule has 3 heterocycles. The van der Waals surface area contributed by atoms with Gasteiger partial charge in [-0.05, 0) is 42.8 Å². The van der Waals surface area contributed by atoms with E-state index in [1.807, 2.05) is 18.7 Å². The third-order valence-electron chi connectivity index (χ3n) is 9.64. The van der Waals surface area contributed by atoms with Gasteiger partial charge in [0.05, 0.1) is 21.3 Å². The van der Waals surface area contributed by atoms with Crippen molar-refractivity contribution in [2.45, 2.75) is 69.4 Å². The fourth-order valence-electron chi connectivity index (χ4n) is 7.30. The molecule has 1 N–H and O–H groups in total. The topological polar surface area (TPSA) is 100 Å². The zero-order valence-electron chi connectivity index (χ0n) is 23.4. The highest BCUT2D eigenvalue weighted by Gasteiger charge is 2.67. The summed E-state index contributed by atoms with van der Waals surface area (Å²) in [6.07, 6.45) is 3.07. The van der Waals surface area contributed by atoms with Gasteiger partial charge in [0, 0.05) is 29.2 Å². The maximum atomic E-state index is 14.7. The summed E-state index contributed by atoms with van der Waals surface area (Å²) in [5.74, 6) is 0.481. The largest absolute Gasteiger partial charge is 0.496 e. The summed E-state index contributed by atoms with van der Waals surface area (Å²) in [5.41, 5.74) is -1.52. The second-order valence-electron chi connectivity index (χ2n) is 11.5. The Hall–Kier alpha value is -1.97. The lowest BCUT2D eigenvalue weighted by atomic mass is 9.58. The van der Waals surface area contributed by atoms with Gasteiger partial charge in [-0.15, -0.1) is 0 Å². The number of nitrogens with one attached hydrogen (secondary N) is 1. The number of rotatable bonds is 6. The average molecular weight is 580 g/mol. The second-order valence-corrected chi connectivity index (χ2v) is 13.1. The molecule has 0 radical (unpaired) electrons.